The van der Waals surface area contributed by atoms with Crippen LogP contribution in [0.2, 0.25) is 0 Å². The molecule has 0 unspecified atom stereocenters. The number of carbonyl (C=O) groups is 1. The van der Waals surface area contributed by atoms with Gasteiger partial charge < -0.3 is 15.2 Å². The highest BCUT2D eigenvalue weighted by atomic mass is 16.5. The maximum atomic E-state index is 12.3. The van der Waals surface area contributed by atoms with Crippen LogP contribution in [-0.2, 0) is 6.42 Å². The standard InChI is InChI=1S/C19H24N2O3/c1-14(2)13-24-19-17(6-4-12-21-19)18(23)20-11-3-5-15-7-9-16(22)10-8-15/h4,6-10,12,14,22H,3,5,11,13H2,1-2H3,(H,20,23). The maximum Gasteiger partial charge on any atom is 0.256 e. The number of hydrogen-bond acceptors (Lipinski definition) is 4. The monoisotopic (exact) mass is 328 g/mol. The van der Waals surface area contributed by atoms with E-state index in [0.717, 1.165) is 18.4 Å². The summed E-state index contributed by atoms with van der Waals surface area (Å²) in [6.07, 6.45) is 3.28. The number of benzene rings is 1. The van der Waals surface area contributed by atoms with Gasteiger partial charge >= 0.3 is 0 Å². The van der Waals surface area contributed by atoms with E-state index in [1.165, 1.54) is 0 Å². The molecule has 0 saturated heterocycles. The lowest BCUT2D eigenvalue weighted by Crippen LogP contribution is -2.25. The van der Waals surface area contributed by atoms with Crippen LogP contribution in [0, 0.1) is 5.92 Å². The number of aromatic nitrogens is 1. The first kappa shape index (κ1) is 17.8. The van der Waals surface area contributed by atoms with E-state index in [-0.39, 0.29) is 11.7 Å². The van der Waals surface area contributed by atoms with E-state index in [0.29, 0.717) is 30.5 Å². The molecule has 0 saturated carbocycles. The van der Waals surface area contributed by atoms with Crippen LogP contribution in [0.15, 0.2) is 42.6 Å². The van der Waals surface area contributed by atoms with E-state index in [4.69, 9.17) is 4.74 Å². The second kappa shape index (κ2) is 8.91. The molecule has 2 aromatic rings. The van der Waals surface area contributed by atoms with Crippen molar-refractivity contribution >= 4 is 5.91 Å². The van der Waals surface area contributed by atoms with E-state index in [1.807, 2.05) is 26.0 Å². The predicted octanol–water partition coefficient (Wildman–Crippen LogP) is 3.18. The first-order valence-electron chi connectivity index (χ1n) is 8.20. The lowest BCUT2D eigenvalue weighted by molar-refractivity contribution is 0.0947. The van der Waals surface area contributed by atoms with Gasteiger partial charge in [0.1, 0.15) is 11.3 Å². The number of nitrogens with zero attached hydrogens (tertiary/aromatic N) is 1. The Morgan fingerprint density at radius 1 is 1.25 bits per heavy atom. The minimum atomic E-state index is -0.174. The van der Waals surface area contributed by atoms with Gasteiger partial charge in [-0.1, -0.05) is 26.0 Å². The Kier molecular flexibility index (Phi) is 6.61. The number of ether oxygens (including phenoxy) is 1. The molecule has 0 aliphatic rings. The fraction of sp³-hybridized carbons (Fsp3) is 0.368. The third-order valence-corrected chi connectivity index (χ3v) is 3.43. The number of rotatable bonds is 8. The Labute approximate surface area is 142 Å². The fourth-order valence-corrected chi connectivity index (χ4v) is 2.18. The molecule has 0 fully saturated rings. The van der Waals surface area contributed by atoms with Crippen LogP contribution in [0.3, 0.4) is 0 Å². The normalized spacial score (nSPS) is 10.6. The molecule has 0 aliphatic carbocycles. The molecule has 1 amide bonds. The number of nitrogens with one attached hydrogen (secondary N) is 1. The summed E-state index contributed by atoms with van der Waals surface area (Å²) < 4.78 is 5.61. The second-order valence-corrected chi connectivity index (χ2v) is 6.09. The van der Waals surface area contributed by atoms with Gasteiger partial charge in [-0.25, -0.2) is 4.98 Å². The molecule has 0 aliphatic heterocycles. The van der Waals surface area contributed by atoms with Crippen LogP contribution in [0.25, 0.3) is 0 Å². The Balaban J connectivity index is 1.83. The van der Waals surface area contributed by atoms with E-state index in [2.05, 4.69) is 10.3 Å². The van der Waals surface area contributed by atoms with Gasteiger partial charge in [0, 0.05) is 12.7 Å². The topological polar surface area (TPSA) is 71.5 Å². The highest BCUT2D eigenvalue weighted by Gasteiger charge is 2.13. The molecule has 128 valence electrons. The highest BCUT2D eigenvalue weighted by molar-refractivity contribution is 5.96. The summed E-state index contributed by atoms with van der Waals surface area (Å²) >= 11 is 0. The Bertz CT molecular complexity index is 654. The van der Waals surface area contributed by atoms with Crippen LogP contribution >= 0.6 is 0 Å². The number of phenolic OH excluding ortho intramolecular Hbond substituents is 1. The molecule has 0 radical (unpaired) electrons. The smallest absolute Gasteiger partial charge is 0.256 e. The van der Waals surface area contributed by atoms with E-state index < -0.39 is 0 Å². The van der Waals surface area contributed by atoms with Gasteiger partial charge in [0.15, 0.2) is 0 Å². The van der Waals surface area contributed by atoms with Crippen LogP contribution in [0.4, 0.5) is 0 Å². The predicted molar refractivity (Wildman–Crippen MR) is 93.3 cm³/mol. The zero-order valence-electron chi connectivity index (χ0n) is 14.2. The molecule has 0 spiro atoms. The zero-order chi connectivity index (χ0) is 17.4. The summed E-state index contributed by atoms with van der Waals surface area (Å²) in [5, 5.41) is 12.2. The summed E-state index contributed by atoms with van der Waals surface area (Å²) in [5.41, 5.74) is 1.59. The number of aromatic hydroxyl groups is 1. The molecule has 1 heterocycles. The number of aryl methyl sites for hydroxylation is 1. The average molecular weight is 328 g/mol. The van der Waals surface area contributed by atoms with Crippen molar-refractivity contribution in [2.45, 2.75) is 26.7 Å². The third-order valence-electron chi connectivity index (χ3n) is 3.43. The van der Waals surface area contributed by atoms with Crippen molar-refractivity contribution < 1.29 is 14.6 Å². The summed E-state index contributed by atoms with van der Waals surface area (Å²) in [7, 11) is 0. The summed E-state index contributed by atoms with van der Waals surface area (Å²) in [6.45, 7) is 5.19. The Morgan fingerprint density at radius 2 is 2.00 bits per heavy atom. The van der Waals surface area contributed by atoms with Crippen LogP contribution in [-0.4, -0.2) is 29.1 Å². The lowest BCUT2D eigenvalue weighted by atomic mass is 10.1. The molecule has 0 bridgehead atoms. The van der Waals surface area contributed by atoms with Crippen molar-refractivity contribution in [2.24, 2.45) is 5.92 Å². The summed E-state index contributed by atoms with van der Waals surface area (Å²) in [5.74, 6) is 0.834. The van der Waals surface area contributed by atoms with Crippen molar-refractivity contribution in [1.82, 2.24) is 10.3 Å². The highest BCUT2D eigenvalue weighted by Crippen LogP contribution is 2.15. The van der Waals surface area contributed by atoms with Crippen LogP contribution in [0.5, 0.6) is 11.6 Å². The Hall–Kier alpha value is -2.56. The summed E-state index contributed by atoms with van der Waals surface area (Å²) in [4.78, 5) is 16.5. The van der Waals surface area contributed by atoms with Gasteiger partial charge in [-0.05, 0) is 48.6 Å². The maximum absolute atomic E-state index is 12.3. The number of hydrogen-bond donors (Lipinski definition) is 2. The molecule has 5 heteroatoms. The van der Waals surface area contributed by atoms with Crippen molar-refractivity contribution in [1.29, 1.82) is 0 Å². The number of amides is 1. The first-order valence-corrected chi connectivity index (χ1v) is 8.20. The van der Waals surface area contributed by atoms with E-state index in [1.54, 1.807) is 30.5 Å². The van der Waals surface area contributed by atoms with E-state index in [9.17, 15) is 9.90 Å². The quantitative estimate of drug-likeness (QED) is 0.730. The minimum absolute atomic E-state index is 0.174. The zero-order valence-corrected chi connectivity index (χ0v) is 14.2. The SMILES string of the molecule is CC(C)COc1ncccc1C(=O)NCCCc1ccc(O)cc1. The van der Waals surface area contributed by atoms with Crippen molar-refractivity contribution in [3.63, 3.8) is 0 Å². The Morgan fingerprint density at radius 3 is 2.71 bits per heavy atom. The summed E-state index contributed by atoms with van der Waals surface area (Å²) in [6, 6.07) is 10.6. The molecule has 1 aromatic heterocycles. The van der Waals surface area contributed by atoms with Crippen molar-refractivity contribution in [3.8, 4) is 11.6 Å². The largest absolute Gasteiger partial charge is 0.508 e. The molecule has 5 nitrogen and oxygen atoms in total. The molecule has 2 rings (SSSR count). The van der Waals surface area contributed by atoms with Gasteiger partial charge in [0.25, 0.3) is 5.91 Å². The average Bonchev–Trinajstić information content (AvgIpc) is 2.58. The molecule has 2 N–H and O–H groups in total. The molecule has 24 heavy (non-hydrogen) atoms. The van der Waals surface area contributed by atoms with Crippen LogP contribution in [0.1, 0.15) is 36.2 Å². The molecular formula is C19H24N2O3. The van der Waals surface area contributed by atoms with Gasteiger partial charge in [0.2, 0.25) is 5.88 Å². The first-order chi connectivity index (χ1) is 11.6. The van der Waals surface area contributed by atoms with E-state index >= 15 is 0 Å². The molecule has 0 atom stereocenters. The third kappa shape index (κ3) is 5.57. The number of carbonyl (C=O) groups excluding carboxylic acids is 1. The van der Waals surface area contributed by atoms with Crippen LogP contribution < -0.4 is 10.1 Å². The number of phenols is 1. The second-order valence-electron chi connectivity index (χ2n) is 6.09. The minimum Gasteiger partial charge on any atom is -0.508 e. The van der Waals surface area contributed by atoms with Gasteiger partial charge in [-0.2, -0.15) is 0 Å². The van der Waals surface area contributed by atoms with Gasteiger partial charge in [-0.15, -0.1) is 0 Å². The van der Waals surface area contributed by atoms with Crippen molar-refractivity contribution in [2.75, 3.05) is 13.2 Å². The number of pyridine rings is 1. The molecular weight excluding hydrogens is 304 g/mol. The molecule has 1 aromatic carbocycles. The fourth-order valence-electron chi connectivity index (χ4n) is 2.18. The van der Waals surface area contributed by atoms with Gasteiger partial charge in [0.05, 0.1) is 6.61 Å². The lowest BCUT2D eigenvalue weighted by Gasteiger charge is -2.12. The van der Waals surface area contributed by atoms with Crippen molar-refractivity contribution in [3.05, 3.63) is 53.7 Å². The van der Waals surface area contributed by atoms with Gasteiger partial charge in [-0.3, -0.25) is 4.79 Å².